The lowest BCUT2D eigenvalue weighted by molar-refractivity contribution is -0.314. The van der Waals surface area contributed by atoms with Crippen molar-refractivity contribution >= 4 is 26.0 Å². The number of rotatable bonds is 9. The Morgan fingerprint density at radius 1 is 0.978 bits per heavy atom. The van der Waals surface area contributed by atoms with E-state index in [9.17, 15) is 40.5 Å². The van der Waals surface area contributed by atoms with E-state index in [0.29, 0.717) is 0 Å². The molecule has 0 aromatic rings. The van der Waals surface area contributed by atoms with E-state index in [1.807, 2.05) is 0 Å². The molecule has 15 atom stereocenters. The predicted molar refractivity (Wildman–Crippen MR) is 146 cm³/mol. The van der Waals surface area contributed by atoms with Crippen molar-refractivity contribution in [2.24, 2.45) is 22.2 Å². The largest absolute Gasteiger partial charge is 0.466 e. The molecular weight excluding hydrogens is 637 g/mol. The summed E-state index contributed by atoms with van der Waals surface area (Å²) in [6.07, 6.45) is -17.3. The number of nitrogens with zero attached hydrogens (tertiary/aromatic N) is 1. The van der Waals surface area contributed by atoms with Crippen molar-refractivity contribution in [1.29, 1.82) is 5.41 Å². The van der Waals surface area contributed by atoms with E-state index in [-0.39, 0.29) is 6.29 Å². The number of nitrogens with two attached hydrogens (primary N) is 3. The summed E-state index contributed by atoms with van der Waals surface area (Å²) >= 11 is 0. The van der Waals surface area contributed by atoms with Gasteiger partial charge < -0.3 is 97.2 Å². The molecule has 0 amide bonds. The number of aliphatic imine (C=N–C) groups is 1. The van der Waals surface area contributed by atoms with E-state index in [4.69, 9.17) is 60.8 Å². The fourth-order valence-corrected chi connectivity index (χ4v) is 5.13. The van der Waals surface area contributed by atoms with Gasteiger partial charge in [0.25, 0.3) is 0 Å². The number of carbonyl (C=O) groups excluding carboxylic acids is 1. The summed E-state index contributed by atoms with van der Waals surface area (Å²) in [6.45, 7) is 0.616. The van der Waals surface area contributed by atoms with E-state index in [2.05, 4.69) is 15.6 Å². The number of aldehydes is 1. The second-order valence-electron chi connectivity index (χ2n) is 10.4. The average molecular weight is 680 g/mol. The molecule has 24 heteroatoms. The number of aliphatic hydroxyl groups excluding tert-OH is 6. The van der Waals surface area contributed by atoms with Gasteiger partial charge in [-0.05, 0) is 14.0 Å². The summed E-state index contributed by atoms with van der Waals surface area (Å²) in [7, 11) is -3.22. The molecule has 3 fully saturated rings. The van der Waals surface area contributed by atoms with Gasteiger partial charge in [0, 0.05) is 0 Å². The van der Waals surface area contributed by atoms with Gasteiger partial charge in [0.05, 0.1) is 24.8 Å². The normalized spacial score (nSPS) is 43.5. The van der Waals surface area contributed by atoms with Gasteiger partial charge in [-0.15, -0.1) is 0 Å². The quantitative estimate of drug-likeness (QED) is 0.0465. The van der Waals surface area contributed by atoms with Crippen LogP contribution in [-0.4, -0.2) is 174 Å². The summed E-state index contributed by atoms with van der Waals surface area (Å²) in [5.74, 6) is -1.16. The van der Waals surface area contributed by atoms with Crippen LogP contribution in [0.2, 0.25) is 0 Å². The predicted octanol–water partition coefficient (Wildman–Crippen LogP) is -8.88. The molecule has 45 heavy (non-hydrogen) atoms. The number of likely N-dealkylation sites (N-methyl/N-ethyl adjacent to an activating group) is 1. The van der Waals surface area contributed by atoms with Crippen LogP contribution < -0.4 is 27.8 Å². The van der Waals surface area contributed by atoms with Crippen LogP contribution in [0.15, 0.2) is 4.99 Å². The summed E-state index contributed by atoms with van der Waals surface area (Å²) < 4.78 is 31.8. The number of aliphatic hydroxyl groups is 7. The molecule has 0 aromatic carbocycles. The number of carbonyl (C=O) groups is 1. The van der Waals surface area contributed by atoms with Crippen LogP contribution in [0.5, 0.6) is 0 Å². The zero-order chi connectivity index (χ0) is 34.6. The Balaban J connectivity index is 0.00000130. The number of hydrogen-bond acceptors (Lipinski definition) is 16. The standard InChI is InChI=1S/C21H39N7O12.H3O4P/c1-5-21(36,4-30)16(40-17-9(26-2)13(34)10(31)6(3-29)38-17)18(37-5)39-15-8(28-20(24)25)11(32)7(27-19(22)23)12(33)14(15)35;1-5(2,3)4/h4-18,26,29,31-36H,3H2,1-2H3,(H4,22,23,27)(H4,24,25,28);(H3,1,2,3,4)/t5-,6-,7+,8-,9-,10-,11+,12-,13-,14+,15+,16-,17-,18-,21+;/m0./s1. The van der Waals surface area contributed by atoms with Crippen molar-refractivity contribution in [3.63, 3.8) is 0 Å². The molecule has 2 aliphatic heterocycles. The molecule has 1 saturated carbocycles. The zero-order valence-electron chi connectivity index (χ0n) is 23.9. The first-order chi connectivity index (χ1) is 20.7. The van der Waals surface area contributed by atoms with Crippen molar-refractivity contribution < 1.29 is 78.7 Å². The lowest BCUT2D eigenvalue weighted by Crippen LogP contribution is -2.70. The first-order valence-electron chi connectivity index (χ1n) is 13.2. The van der Waals surface area contributed by atoms with Crippen molar-refractivity contribution in [3.8, 4) is 0 Å². The van der Waals surface area contributed by atoms with Crippen LogP contribution in [0.25, 0.3) is 0 Å². The van der Waals surface area contributed by atoms with Crippen molar-refractivity contribution in [2.45, 2.75) is 98.2 Å². The molecule has 0 unspecified atom stereocenters. The van der Waals surface area contributed by atoms with Crippen LogP contribution in [0.1, 0.15) is 6.92 Å². The van der Waals surface area contributed by atoms with Crippen LogP contribution in [-0.2, 0) is 28.3 Å². The first-order valence-corrected chi connectivity index (χ1v) is 14.7. The molecule has 0 aromatic heterocycles. The second kappa shape index (κ2) is 15.6. The lowest BCUT2D eigenvalue weighted by atomic mass is 9.81. The number of phosphoric acid groups is 1. The van der Waals surface area contributed by atoms with Crippen LogP contribution in [0.4, 0.5) is 0 Å². The average Bonchev–Trinajstić information content (AvgIpc) is 3.16. The third-order valence-corrected chi connectivity index (χ3v) is 7.40. The van der Waals surface area contributed by atoms with E-state index in [1.165, 1.54) is 14.0 Å². The smallest absolute Gasteiger partial charge is 0.394 e. The molecule has 3 aliphatic rings. The maximum Gasteiger partial charge on any atom is 0.466 e. The summed E-state index contributed by atoms with van der Waals surface area (Å²) in [4.78, 5) is 37.4. The van der Waals surface area contributed by atoms with Gasteiger partial charge in [0.15, 0.2) is 36.4 Å². The van der Waals surface area contributed by atoms with Crippen molar-refractivity contribution in [2.75, 3.05) is 13.7 Å². The summed E-state index contributed by atoms with van der Waals surface area (Å²) in [5, 5.41) is 86.6. The molecule has 2 saturated heterocycles. The second-order valence-corrected chi connectivity index (χ2v) is 11.5. The van der Waals surface area contributed by atoms with Crippen LogP contribution in [0, 0.1) is 5.41 Å². The first kappa shape index (κ1) is 39.0. The minimum Gasteiger partial charge on any atom is -0.394 e. The highest BCUT2D eigenvalue weighted by atomic mass is 31.2. The van der Waals surface area contributed by atoms with Gasteiger partial charge in [0.1, 0.15) is 54.9 Å². The minimum atomic E-state index is -4.64. The Morgan fingerprint density at radius 2 is 1.56 bits per heavy atom. The fourth-order valence-electron chi connectivity index (χ4n) is 5.13. The third kappa shape index (κ3) is 9.23. The highest BCUT2D eigenvalue weighted by molar-refractivity contribution is 7.45. The number of ether oxygens (including phenoxy) is 4. The Hall–Kier alpha value is -2.16. The molecule has 0 radical (unpaired) electrons. The van der Waals surface area contributed by atoms with Gasteiger partial charge in [-0.25, -0.2) is 9.56 Å². The maximum absolute atomic E-state index is 12.1. The minimum absolute atomic E-state index is 0.138. The van der Waals surface area contributed by atoms with Gasteiger partial charge in [-0.2, -0.15) is 0 Å². The molecule has 23 nitrogen and oxygen atoms in total. The summed E-state index contributed by atoms with van der Waals surface area (Å²) in [5.41, 5.74) is 13.8. The van der Waals surface area contributed by atoms with E-state index in [0.717, 1.165) is 0 Å². The highest BCUT2D eigenvalue weighted by Crippen LogP contribution is 2.38. The Labute approximate surface area is 255 Å². The molecule has 0 bridgehead atoms. The van der Waals surface area contributed by atoms with Gasteiger partial charge in [-0.1, -0.05) is 0 Å². The molecule has 3 rings (SSSR count). The monoisotopic (exact) mass is 679 g/mol. The number of nitrogens with one attached hydrogen (secondary N) is 3. The Morgan fingerprint density at radius 3 is 2.02 bits per heavy atom. The maximum atomic E-state index is 12.1. The number of guanidine groups is 2. The SMILES string of the molecule is CN[C@@H]1[C@H](O[C@H]2[C@H](O[C@H]3[C@H](O)[C@@H](O)[C@H](N=C(N)N)[C@@H](O)[C@@H]3NC(=N)N)O[C@@H](C)[C@]2(O)C=O)O[C@@H](CO)[C@H](O)[C@H]1O.O=P(O)(O)O. The van der Waals surface area contributed by atoms with Crippen LogP contribution >= 0.6 is 7.82 Å². The summed E-state index contributed by atoms with van der Waals surface area (Å²) in [6, 6.07) is -4.02. The van der Waals surface area contributed by atoms with E-state index in [1.54, 1.807) is 0 Å². The van der Waals surface area contributed by atoms with Gasteiger partial charge >= 0.3 is 7.82 Å². The van der Waals surface area contributed by atoms with Crippen LogP contribution in [0.3, 0.4) is 0 Å². The zero-order valence-corrected chi connectivity index (χ0v) is 24.8. The lowest BCUT2D eigenvalue weighted by Gasteiger charge is -2.46. The van der Waals surface area contributed by atoms with E-state index < -0.39 is 118 Å². The highest BCUT2D eigenvalue weighted by Gasteiger charge is 2.60. The van der Waals surface area contributed by atoms with E-state index >= 15 is 0 Å². The molecule has 1 aliphatic carbocycles. The molecule has 19 N–H and O–H groups in total. The topological polar surface area (TPSA) is 412 Å². The van der Waals surface area contributed by atoms with Gasteiger partial charge in [0.2, 0.25) is 0 Å². The van der Waals surface area contributed by atoms with Gasteiger partial charge in [-0.3, -0.25) is 10.2 Å². The molecular formula is C21H42N7O16P. The third-order valence-electron chi connectivity index (χ3n) is 7.40. The Bertz CT molecular complexity index is 1080. The van der Waals surface area contributed by atoms with Crippen molar-refractivity contribution in [1.82, 2.24) is 10.6 Å². The molecule has 2 heterocycles. The number of hydrogen-bond donors (Lipinski definition) is 16. The van der Waals surface area contributed by atoms with Crippen molar-refractivity contribution in [3.05, 3.63) is 0 Å². The fraction of sp³-hybridized carbons (Fsp3) is 0.857. The Kier molecular flexibility index (Phi) is 13.5. The molecule has 262 valence electrons. The molecule has 0 spiro atoms.